The maximum atomic E-state index is 12.1. The van der Waals surface area contributed by atoms with Crippen LogP contribution in [0.15, 0.2) is 0 Å². The molecule has 2 heterocycles. The summed E-state index contributed by atoms with van der Waals surface area (Å²) in [6, 6.07) is -0.0297. The lowest BCUT2D eigenvalue weighted by Gasteiger charge is -2.27. The van der Waals surface area contributed by atoms with E-state index in [1.165, 1.54) is 7.11 Å². The fraction of sp³-hybridized carbons (Fsp3) is 0.818. The van der Waals surface area contributed by atoms with Gasteiger partial charge in [0.25, 0.3) is 5.91 Å². The quantitative estimate of drug-likeness (QED) is 0.658. The smallest absolute Gasteiger partial charge is 0.407 e. The van der Waals surface area contributed by atoms with Crippen molar-refractivity contribution in [2.75, 3.05) is 39.9 Å². The van der Waals surface area contributed by atoms with Crippen molar-refractivity contribution in [3.8, 4) is 0 Å². The van der Waals surface area contributed by atoms with Crippen molar-refractivity contribution in [1.82, 2.24) is 15.5 Å². The first-order chi connectivity index (χ1) is 8.70. The van der Waals surface area contributed by atoms with Gasteiger partial charge in [-0.05, 0) is 6.42 Å². The van der Waals surface area contributed by atoms with Crippen LogP contribution in [-0.2, 0) is 14.3 Å². The van der Waals surface area contributed by atoms with Crippen molar-refractivity contribution < 1.29 is 19.1 Å². The molecule has 2 aliphatic rings. The average molecular weight is 257 g/mol. The molecular formula is C11H19N3O4. The number of nitrogens with one attached hydrogen (secondary N) is 2. The number of carbonyl (C=O) groups excluding carboxylic acids is 2. The third kappa shape index (κ3) is 3.11. The van der Waals surface area contributed by atoms with Crippen LogP contribution in [0.25, 0.3) is 0 Å². The van der Waals surface area contributed by atoms with Gasteiger partial charge in [0.2, 0.25) is 0 Å². The molecule has 2 fully saturated rings. The van der Waals surface area contributed by atoms with E-state index in [0.717, 1.165) is 13.0 Å². The van der Waals surface area contributed by atoms with Crippen LogP contribution in [0.2, 0.25) is 0 Å². The number of nitrogens with zero attached hydrogens (tertiary/aromatic N) is 1. The monoisotopic (exact) mass is 257 g/mol. The molecule has 0 saturated carbocycles. The van der Waals surface area contributed by atoms with Gasteiger partial charge in [0.1, 0.15) is 6.10 Å². The second kappa shape index (κ2) is 6.01. The summed E-state index contributed by atoms with van der Waals surface area (Å²) in [5, 5.41) is 5.83. The van der Waals surface area contributed by atoms with Crippen molar-refractivity contribution in [3.05, 3.63) is 0 Å². The third-order valence-corrected chi connectivity index (χ3v) is 3.21. The fourth-order valence-electron chi connectivity index (χ4n) is 2.23. The Morgan fingerprint density at radius 3 is 3.00 bits per heavy atom. The molecule has 2 amide bonds. The van der Waals surface area contributed by atoms with E-state index in [4.69, 9.17) is 4.74 Å². The highest BCUT2D eigenvalue weighted by atomic mass is 16.5. The van der Waals surface area contributed by atoms with Gasteiger partial charge in [0, 0.05) is 26.2 Å². The molecule has 2 saturated heterocycles. The van der Waals surface area contributed by atoms with Gasteiger partial charge >= 0.3 is 6.09 Å². The van der Waals surface area contributed by atoms with Crippen LogP contribution in [0.4, 0.5) is 4.79 Å². The van der Waals surface area contributed by atoms with Crippen LogP contribution < -0.4 is 10.6 Å². The van der Waals surface area contributed by atoms with E-state index in [1.807, 2.05) is 0 Å². The van der Waals surface area contributed by atoms with Gasteiger partial charge in [0.15, 0.2) is 0 Å². The number of amides is 2. The summed E-state index contributed by atoms with van der Waals surface area (Å²) < 4.78 is 9.96. The Balaban J connectivity index is 1.80. The zero-order chi connectivity index (χ0) is 13.0. The highest BCUT2D eigenvalue weighted by Crippen LogP contribution is 2.12. The lowest BCUT2D eigenvalue weighted by molar-refractivity contribution is -0.144. The van der Waals surface area contributed by atoms with E-state index in [-0.39, 0.29) is 11.9 Å². The standard InChI is InChI=1S/C11H19N3O4/c1-17-11(16)13-8-2-4-14(7-8)10(15)9-6-12-3-5-18-9/h8-9,12H,2-7H2,1H3,(H,13,16). The number of alkyl carbamates (subject to hydrolysis) is 1. The van der Waals surface area contributed by atoms with Gasteiger partial charge in [-0.2, -0.15) is 0 Å². The van der Waals surface area contributed by atoms with Crippen molar-refractivity contribution >= 4 is 12.0 Å². The molecule has 2 unspecified atom stereocenters. The summed E-state index contributed by atoms with van der Waals surface area (Å²) in [7, 11) is 1.33. The molecule has 0 bridgehead atoms. The molecule has 18 heavy (non-hydrogen) atoms. The van der Waals surface area contributed by atoms with Gasteiger partial charge in [-0.25, -0.2) is 4.79 Å². The third-order valence-electron chi connectivity index (χ3n) is 3.21. The Labute approximate surface area is 106 Å². The molecule has 0 aromatic heterocycles. The average Bonchev–Trinajstić information content (AvgIpc) is 2.87. The van der Waals surface area contributed by atoms with Gasteiger partial charge in [0.05, 0.1) is 19.8 Å². The molecule has 2 aliphatic heterocycles. The number of methoxy groups -OCH3 is 1. The van der Waals surface area contributed by atoms with Gasteiger partial charge in [-0.3, -0.25) is 4.79 Å². The summed E-state index contributed by atoms with van der Waals surface area (Å²) in [6.45, 7) is 3.08. The van der Waals surface area contributed by atoms with Crippen molar-refractivity contribution in [2.24, 2.45) is 0 Å². The number of carbonyl (C=O) groups is 2. The zero-order valence-corrected chi connectivity index (χ0v) is 10.5. The first-order valence-corrected chi connectivity index (χ1v) is 6.16. The summed E-state index contributed by atoms with van der Waals surface area (Å²) in [5.74, 6) is -0.00336. The van der Waals surface area contributed by atoms with Gasteiger partial charge in [-0.1, -0.05) is 0 Å². The van der Waals surface area contributed by atoms with Crippen molar-refractivity contribution in [1.29, 1.82) is 0 Å². The molecule has 0 aliphatic carbocycles. The summed E-state index contributed by atoms with van der Waals surface area (Å²) in [6.07, 6.45) is -0.0958. The molecule has 2 atom stereocenters. The summed E-state index contributed by atoms with van der Waals surface area (Å²) >= 11 is 0. The molecule has 7 heteroatoms. The normalized spacial score (nSPS) is 27.9. The van der Waals surface area contributed by atoms with Gasteiger partial charge < -0.3 is 25.0 Å². The van der Waals surface area contributed by atoms with Gasteiger partial charge in [-0.15, -0.1) is 0 Å². The molecule has 0 aromatic rings. The predicted molar refractivity (Wildman–Crippen MR) is 63.1 cm³/mol. The van der Waals surface area contributed by atoms with E-state index in [1.54, 1.807) is 4.90 Å². The second-order valence-electron chi connectivity index (χ2n) is 4.47. The lowest BCUT2D eigenvalue weighted by atomic mass is 10.2. The summed E-state index contributed by atoms with van der Waals surface area (Å²) in [5.41, 5.74) is 0. The first-order valence-electron chi connectivity index (χ1n) is 6.16. The van der Waals surface area contributed by atoms with Crippen LogP contribution in [0.3, 0.4) is 0 Å². The molecule has 0 spiro atoms. The minimum atomic E-state index is -0.454. The maximum Gasteiger partial charge on any atom is 0.407 e. The Morgan fingerprint density at radius 1 is 1.50 bits per heavy atom. The Hall–Kier alpha value is -1.34. The Bertz CT molecular complexity index is 317. The van der Waals surface area contributed by atoms with E-state index in [2.05, 4.69) is 15.4 Å². The maximum absolute atomic E-state index is 12.1. The molecule has 2 rings (SSSR count). The molecule has 0 radical (unpaired) electrons. The fourth-order valence-corrected chi connectivity index (χ4v) is 2.23. The topological polar surface area (TPSA) is 79.9 Å². The van der Waals surface area contributed by atoms with E-state index >= 15 is 0 Å². The highest BCUT2D eigenvalue weighted by molar-refractivity contribution is 5.81. The van der Waals surface area contributed by atoms with Crippen molar-refractivity contribution in [2.45, 2.75) is 18.6 Å². The van der Waals surface area contributed by atoms with Crippen LogP contribution in [0.5, 0.6) is 0 Å². The Morgan fingerprint density at radius 2 is 2.33 bits per heavy atom. The predicted octanol–water partition coefficient (Wildman–Crippen LogP) is -1.07. The number of likely N-dealkylation sites (tertiary alicyclic amines) is 1. The minimum absolute atomic E-state index is 0.00336. The number of ether oxygens (including phenoxy) is 2. The highest BCUT2D eigenvalue weighted by Gasteiger charge is 2.32. The molecular weight excluding hydrogens is 238 g/mol. The molecule has 2 N–H and O–H groups in total. The summed E-state index contributed by atoms with van der Waals surface area (Å²) in [4.78, 5) is 24.9. The van der Waals surface area contributed by atoms with E-state index < -0.39 is 12.2 Å². The van der Waals surface area contributed by atoms with Crippen LogP contribution in [-0.4, -0.2) is 68.9 Å². The Kier molecular flexibility index (Phi) is 4.38. The number of hydrogen-bond donors (Lipinski definition) is 2. The van der Waals surface area contributed by atoms with Crippen LogP contribution >= 0.6 is 0 Å². The molecule has 0 aromatic carbocycles. The first kappa shape index (κ1) is 13.1. The van der Waals surface area contributed by atoms with E-state index in [9.17, 15) is 9.59 Å². The number of morpholine rings is 1. The van der Waals surface area contributed by atoms with Crippen LogP contribution in [0, 0.1) is 0 Å². The number of rotatable bonds is 2. The zero-order valence-electron chi connectivity index (χ0n) is 10.5. The van der Waals surface area contributed by atoms with Crippen molar-refractivity contribution in [3.63, 3.8) is 0 Å². The van der Waals surface area contributed by atoms with E-state index in [0.29, 0.717) is 26.2 Å². The lowest BCUT2D eigenvalue weighted by Crippen LogP contribution is -2.49. The SMILES string of the molecule is COC(=O)NC1CCN(C(=O)C2CNCCO2)C1. The second-order valence-corrected chi connectivity index (χ2v) is 4.47. The van der Waals surface area contributed by atoms with Crippen LogP contribution in [0.1, 0.15) is 6.42 Å². The number of hydrogen-bond acceptors (Lipinski definition) is 5. The molecule has 7 nitrogen and oxygen atoms in total. The largest absolute Gasteiger partial charge is 0.453 e. The molecule has 102 valence electrons. The minimum Gasteiger partial charge on any atom is -0.453 e.